The van der Waals surface area contributed by atoms with Crippen molar-refractivity contribution in [1.82, 2.24) is 0 Å². The van der Waals surface area contributed by atoms with Gasteiger partial charge in [0, 0.05) is 7.11 Å². The molecule has 0 saturated heterocycles. The number of hydrogen-bond donors (Lipinski definition) is 0. The molecule has 2 unspecified atom stereocenters. The predicted octanol–water partition coefficient (Wildman–Crippen LogP) is 5.37. The van der Waals surface area contributed by atoms with E-state index in [4.69, 9.17) is 16.3 Å². The Hall–Kier alpha value is -0.530. The topological polar surface area (TPSA) is 9.23 Å². The third-order valence-electron chi connectivity index (χ3n) is 4.84. The van der Waals surface area contributed by atoms with E-state index < -0.39 is 0 Å². The van der Waals surface area contributed by atoms with Gasteiger partial charge in [-0.05, 0) is 41.7 Å². The van der Waals surface area contributed by atoms with Crippen LogP contribution in [-0.2, 0) is 11.2 Å². The van der Waals surface area contributed by atoms with Gasteiger partial charge in [-0.2, -0.15) is 0 Å². The van der Waals surface area contributed by atoms with Crippen molar-refractivity contribution in [3.8, 4) is 0 Å². The zero-order chi connectivity index (χ0) is 14.6. The van der Waals surface area contributed by atoms with Crippen molar-refractivity contribution in [1.29, 1.82) is 0 Å². The first kappa shape index (κ1) is 15.9. The van der Waals surface area contributed by atoms with Gasteiger partial charge in [-0.25, -0.2) is 0 Å². The van der Waals surface area contributed by atoms with Gasteiger partial charge in [0.2, 0.25) is 0 Å². The van der Waals surface area contributed by atoms with E-state index in [1.165, 1.54) is 36.8 Å². The molecule has 0 spiro atoms. The summed E-state index contributed by atoms with van der Waals surface area (Å²) in [4.78, 5) is 0. The summed E-state index contributed by atoms with van der Waals surface area (Å²) >= 11 is 6.80. The van der Waals surface area contributed by atoms with Crippen LogP contribution in [0.25, 0.3) is 0 Å². The van der Waals surface area contributed by atoms with Crippen LogP contribution in [0.15, 0.2) is 24.3 Å². The molecule has 1 aliphatic carbocycles. The number of hydrogen-bond acceptors (Lipinski definition) is 1. The third-order valence-corrected chi connectivity index (χ3v) is 5.39. The lowest BCUT2D eigenvalue weighted by atomic mass is 9.66. The van der Waals surface area contributed by atoms with Crippen LogP contribution in [0.5, 0.6) is 0 Å². The molecule has 0 amide bonds. The zero-order valence-corrected chi connectivity index (χ0v) is 13.7. The number of ether oxygens (including phenoxy) is 1. The number of alkyl halides is 1. The van der Waals surface area contributed by atoms with E-state index in [1.807, 2.05) is 0 Å². The maximum Gasteiger partial charge on any atom is 0.0618 e. The molecule has 2 rings (SSSR count). The minimum absolute atomic E-state index is 0.141. The highest BCUT2D eigenvalue weighted by molar-refractivity contribution is 6.21. The third kappa shape index (κ3) is 3.77. The van der Waals surface area contributed by atoms with Crippen molar-refractivity contribution in [3.05, 3.63) is 35.4 Å². The minimum atomic E-state index is 0.141. The molecule has 112 valence electrons. The van der Waals surface area contributed by atoms with Crippen molar-refractivity contribution in [2.24, 2.45) is 11.3 Å². The molecule has 1 aromatic carbocycles. The minimum Gasteiger partial charge on any atom is -0.384 e. The summed E-state index contributed by atoms with van der Waals surface area (Å²) in [7, 11) is 1.74. The maximum absolute atomic E-state index is 6.80. The lowest BCUT2D eigenvalue weighted by molar-refractivity contribution is 0.133. The standard InChI is InChI=1S/C18H27ClO/c1-18(2)12-5-4-6-16(18)17(19)15-9-7-14(8-10-15)11-13-20-3/h7-10,16-17H,4-6,11-13H2,1-3H3. The Bertz CT molecular complexity index is 410. The van der Waals surface area contributed by atoms with E-state index >= 15 is 0 Å². The molecule has 1 fully saturated rings. The Morgan fingerprint density at radius 2 is 1.95 bits per heavy atom. The molecule has 1 saturated carbocycles. The van der Waals surface area contributed by atoms with Gasteiger partial charge in [0.25, 0.3) is 0 Å². The van der Waals surface area contributed by atoms with Gasteiger partial charge in [-0.1, -0.05) is 51.0 Å². The van der Waals surface area contributed by atoms with Crippen LogP contribution in [0.1, 0.15) is 56.0 Å². The highest BCUT2D eigenvalue weighted by Crippen LogP contribution is 2.49. The SMILES string of the molecule is COCCc1ccc(C(Cl)C2CCCCC2(C)C)cc1. The first-order chi connectivity index (χ1) is 9.54. The molecule has 0 heterocycles. The summed E-state index contributed by atoms with van der Waals surface area (Å²) in [5.41, 5.74) is 2.95. The van der Waals surface area contributed by atoms with Crippen molar-refractivity contribution >= 4 is 11.6 Å². The average Bonchev–Trinajstić information content (AvgIpc) is 2.44. The quantitative estimate of drug-likeness (QED) is 0.663. The smallest absolute Gasteiger partial charge is 0.0618 e. The fourth-order valence-electron chi connectivity index (χ4n) is 3.38. The number of halogens is 1. The summed E-state index contributed by atoms with van der Waals surface area (Å²) in [6.45, 7) is 5.53. The van der Waals surface area contributed by atoms with E-state index in [0.29, 0.717) is 11.3 Å². The Morgan fingerprint density at radius 1 is 1.25 bits per heavy atom. The van der Waals surface area contributed by atoms with Gasteiger partial charge < -0.3 is 4.74 Å². The number of benzene rings is 1. The Balaban J connectivity index is 2.06. The Kier molecular flexibility index (Phi) is 5.51. The first-order valence-electron chi connectivity index (χ1n) is 7.76. The van der Waals surface area contributed by atoms with Gasteiger partial charge >= 0.3 is 0 Å². The van der Waals surface area contributed by atoms with Gasteiger partial charge in [0.1, 0.15) is 0 Å². The predicted molar refractivity (Wildman–Crippen MR) is 86.4 cm³/mol. The second-order valence-corrected chi connectivity index (χ2v) is 7.20. The molecule has 1 nitrogen and oxygen atoms in total. The van der Waals surface area contributed by atoms with E-state index in [-0.39, 0.29) is 5.38 Å². The van der Waals surface area contributed by atoms with Crippen LogP contribution in [0, 0.1) is 11.3 Å². The Morgan fingerprint density at radius 3 is 2.55 bits per heavy atom. The van der Waals surface area contributed by atoms with Crippen molar-refractivity contribution in [2.75, 3.05) is 13.7 Å². The lowest BCUT2D eigenvalue weighted by Gasteiger charge is -2.41. The molecular formula is C18H27ClO. The molecule has 0 radical (unpaired) electrons. The van der Waals surface area contributed by atoms with E-state index in [9.17, 15) is 0 Å². The summed E-state index contributed by atoms with van der Waals surface area (Å²) < 4.78 is 5.12. The zero-order valence-electron chi connectivity index (χ0n) is 13.0. The molecule has 20 heavy (non-hydrogen) atoms. The fourth-order valence-corrected chi connectivity index (χ4v) is 4.00. The maximum atomic E-state index is 6.80. The second kappa shape index (κ2) is 6.95. The summed E-state index contributed by atoms with van der Waals surface area (Å²) in [6.07, 6.45) is 6.20. The molecule has 0 N–H and O–H groups in total. The van der Waals surface area contributed by atoms with E-state index in [1.54, 1.807) is 7.11 Å². The van der Waals surface area contributed by atoms with Crippen LogP contribution >= 0.6 is 11.6 Å². The van der Waals surface area contributed by atoms with Crippen LogP contribution in [0.3, 0.4) is 0 Å². The molecule has 1 aliphatic rings. The van der Waals surface area contributed by atoms with Gasteiger partial charge in [-0.3, -0.25) is 0 Å². The first-order valence-corrected chi connectivity index (χ1v) is 8.20. The normalized spacial score (nSPS) is 23.5. The molecule has 0 aromatic heterocycles. The van der Waals surface area contributed by atoms with Crippen LogP contribution < -0.4 is 0 Å². The lowest BCUT2D eigenvalue weighted by Crippen LogP contribution is -2.30. The molecule has 2 atom stereocenters. The van der Waals surface area contributed by atoms with Gasteiger partial charge in [0.05, 0.1) is 12.0 Å². The van der Waals surface area contributed by atoms with Crippen molar-refractivity contribution in [3.63, 3.8) is 0 Å². The van der Waals surface area contributed by atoms with E-state index in [0.717, 1.165) is 13.0 Å². The van der Waals surface area contributed by atoms with Gasteiger partial charge in [0.15, 0.2) is 0 Å². The summed E-state index contributed by atoms with van der Waals surface area (Å²) in [5, 5.41) is 0.141. The fraction of sp³-hybridized carbons (Fsp3) is 0.667. The highest BCUT2D eigenvalue weighted by Gasteiger charge is 2.37. The van der Waals surface area contributed by atoms with Crippen LogP contribution in [-0.4, -0.2) is 13.7 Å². The van der Waals surface area contributed by atoms with E-state index in [2.05, 4.69) is 38.1 Å². The summed E-state index contributed by atoms with van der Waals surface area (Å²) in [6, 6.07) is 8.79. The number of rotatable bonds is 5. The summed E-state index contributed by atoms with van der Waals surface area (Å²) in [5.74, 6) is 0.586. The van der Waals surface area contributed by atoms with Crippen LogP contribution in [0.2, 0.25) is 0 Å². The largest absolute Gasteiger partial charge is 0.384 e. The van der Waals surface area contributed by atoms with Crippen LogP contribution in [0.4, 0.5) is 0 Å². The monoisotopic (exact) mass is 294 g/mol. The highest BCUT2D eigenvalue weighted by atomic mass is 35.5. The molecule has 1 aromatic rings. The van der Waals surface area contributed by atoms with Crippen molar-refractivity contribution < 1.29 is 4.74 Å². The van der Waals surface area contributed by atoms with Crippen molar-refractivity contribution in [2.45, 2.75) is 51.3 Å². The number of methoxy groups -OCH3 is 1. The second-order valence-electron chi connectivity index (χ2n) is 6.73. The Labute approximate surface area is 128 Å². The average molecular weight is 295 g/mol. The van der Waals surface area contributed by atoms with Gasteiger partial charge in [-0.15, -0.1) is 11.6 Å². The molecular weight excluding hydrogens is 268 g/mol. The molecule has 0 bridgehead atoms. The molecule has 2 heteroatoms. The molecule has 0 aliphatic heterocycles.